The predicted octanol–water partition coefficient (Wildman–Crippen LogP) is 3.51. The largest absolute Gasteiger partial charge is 0.497 e. The number of pyridine rings is 2. The molecule has 0 bridgehead atoms. The fourth-order valence-electron chi connectivity index (χ4n) is 2.33. The van der Waals surface area contributed by atoms with Gasteiger partial charge in [0.25, 0.3) is 5.91 Å². The van der Waals surface area contributed by atoms with Gasteiger partial charge in [-0.3, -0.25) is 9.78 Å². The molecule has 1 aromatic carbocycles. The zero-order valence-electron chi connectivity index (χ0n) is 13.3. The summed E-state index contributed by atoms with van der Waals surface area (Å²) in [6, 6.07) is 11.1. The van der Waals surface area contributed by atoms with Crippen molar-refractivity contribution in [1.29, 1.82) is 0 Å². The minimum Gasteiger partial charge on any atom is -0.497 e. The highest BCUT2D eigenvalue weighted by atomic mass is 16.5. The molecule has 0 aliphatic rings. The highest BCUT2D eigenvalue weighted by molar-refractivity contribution is 6.06. The van der Waals surface area contributed by atoms with E-state index in [-0.39, 0.29) is 5.91 Å². The van der Waals surface area contributed by atoms with Crippen molar-refractivity contribution in [3.63, 3.8) is 0 Å². The Hall–Kier alpha value is -2.95. The van der Waals surface area contributed by atoms with Crippen molar-refractivity contribution in [2.24, 2.45) is 0 Å². The van der Waals surface area contributed by atoms with Gasteiger partial charge in [-0.25, -0.2) is 4.98 Å². The smallest absolute Gasteiger partial charge is 0.258 e. The topological polar surface area (TPSA) is 64.1 Å². The molecule has 0 fully saturated rings. The van der Waals surface area contributed by atoms with Crippen molar-refractivity contribution >= 4 is 22.6 Å². The van der Waals surface area contributed by atoms with Crippen LogP contribution in [0, 0.1) is 13.8 Å². The van der Waals surface area contributed by atoms with E-state index in [1.807, 2.05) is 44.2 Å². The Balaban J connectivity index is 1.93. The van der Waals surface area contributed by atoms with Gasteiger partial charge in [0.15, 0.2) is 0 Å². The van der Waals surface area contributed by atoms with E-state index >= 15 is 0 Å². The lowest BCUT2D eigenvalue weighted by Gasteiger charge is -2.09. The van der Waals surface area contributed by atoms with Crippen LogP contribution in [0.1, 0.15) is 21.6 Å². The van der Waals surface area contributed by atoms with Gasteiger partial charge in [-0.15, -0.1) is 0 Å². The number of amides is 1. The third-order valence-electron chi connectivity index (χ3n) is 3.61. The number of nitrogens with zero attached hydrogens (tertiary/aromatic N) is 2. The van der Waals surface area contributed by atoms with E-state index in [1.165, 1.54) is 0 Å². The summed E-state index contributed by atoms with van der Waals surface area (Å²) < 4.78 is 5.20. The molecule has 2 aromatic heterocycles. The zero-order chi connectivity index (χ0) is 16.4. The lowest BCUT2D eigenvalue weighted by molar-refractivity contribution is 0.102. The number of methoxy groups -OCH3 is 1. The molecule has 0 aliphatic carbocycles. The van der Waals surface area contributed by atoms with Crippen molar-refractivity contribution in [2.75, 3.05) is 12.4 Å². The van der Waals surface area contributed by atoms with E-state index in [4.69, 9.17) is 4.74 Å². The Morgan fingerprint density at radius 3 is 2.65 bits per heavy atom. The third kappa shape index (κ3) is 3.13. The molecule has 5 heteroatoms. The number of carbonyl (C=O) groups is 1. The first-order valence-electron chi connectivity index (χ1n) is 7.26. The number of fused-ring (bicyclic) bond motifs is 1. The summed E-state index contributed by atoms with van der Waals surface area (Å²) in [7, 11) is 1.62. The second-order valence-electron chi connectivity index (χ2n) is 5.35. The standard InChI is InChI=1S/C18H17N3O2/c1-11-4-7-17(19-10-11)21-18(22)15-8-13-5-6-14(23-3)9-16(13)20-12(15)2/h4-10H,1-3H3,(H,19,21,22). The van der Waals surface area contributed by atoms with Crippen LogP contribution in [0.4, 0.5) is 5.82 Å². The van der Waals surface area contributed by atoms with Crippen LogP contribution in [0.25, 0.3) is 10.9 Å². The average Bonchev–Trinajstić information content (AvgIpc) is 2.55. The molecule has 1 N–H and O–H groups in total. The van der Waals surface area contributed by atoms with E-state index in [1.54, 1.807) is 19.4 Å². The quantitative estimate of drug-likeness (QED) is 0.804. The number of rotatable bonds is 3. The molecule has 0 atom stereocenters. The molecule has 2 heterocycles. The molecule has 0 saturated heterocycles. The maximum atomic E-state index is 12.5. The molecule has 23 heavy (non-hydrogen) atoms. The van der Waals surface area contributed by atoms with E-state index in [9.17, 15) is 4.79 Å². The first kappa shape index (κ1) is 15.0. The Kier molecular flexibility index (Phi) is 3.93. The van der Waals surface area contributed by atoms with Gasteiger partial charge in [-0.05, 0) is 43.7 Å². The normalized spacial score (nSPS) is 10.6. The van der Waals surface area contributed by atoms with Crippen molar-refractivity contribution in [1.82, 2.24) is 9.97 Å². The van der Waals surface area contributed by atoms with E-state index in [2.05, 4.69) is 15.3 Å². The molecule has 0 radical (unpaired) electrons. The number of hydrogen-bond acceptors (Lipinski definition) is 4. The van der Waals surface area contributed by atoms with Gasteiger partial charge < -0.3 is 10.1 Å². The predicted molar refractivity (Wildman–Crippen MR) is 90.0 cm³/mol. The van der Waals surface area contributed by atoms with Gasteiger partial charge in [-0.1, -0.05) is 6.07 Å². The van der Waals surface area contributed by atoms with Crippen LogP contribution < -0.4 is 10.1 Å². The summed E-state index contributed by atoms with van der Waals surface area (Å²) in [5, 5.41) is 3.69. The monoisotopic (exact) mass is 307 g/mol. The summed E-state index contributed by atoms with van der Waals surface area (Å²) in [5.41, 5.74) is 3.03. The third-order valence-corrected chi connectivity index (χ3v) is 3.61. The minimum atomic E-state index is -0.218. The molecule has 0 spiro atoms. The molecule has 5 nitrogen and oxygen atoms in total. The molecule has 3 aromatic rings. The second kappa shape index (κ2) is 6.04. The Labute approximate surface area is 134 Å². The fraction of sp³-hybridized carbons (Fsp3) is 0.167. The van der Waals surface area contributed by atoms with Crippen molar-refractivity contribution in [3.05, 3.63) is 59.4 Å². The lowest BCUT2D eigenvalue weighted by atomic mass is 10.1. The molecule has 0 aliphatic heterocycles. The van der Waals surface area contributed by atoms with Crippen molar-refractivity contribution < 1.29 is 9.53 Å². The number of aromatic nitrogens is 2. The first-order valence-corrected chi connectivity index (χ1v) is 7.26. The molecule has 116 valence electrons. The highest BCUT2D eigenvalue weighted by Gasteiger charge is 2.13. The molecule has 1 amide bonds. The number of aryl methyl sites for hydroxylation is 2. The summed E-state index contributed by atoms with van der Waals surface area (Å²) in [6.45, 7) is 3.76. The number of hydrogen-bond donors (Lipinski definition) is 1. The summed E-state index contributed by atoms with van der Waals surface area (Å²) >= 11 is 0. The van der Waals surface area contributed by atoms with Crippen LogP contribution in [-0.2, 0) is 0 Å². The average molecular weight is 307 g/mol. The maximum absolute atomic E-state index is 12.5. The van der Waals surface area contributed by atoms with E-state index in [0.717, 1.165) is 22.2 Å². The van der Waals surface area contributed by atoms with Crippen LogP contribution in [-0.4, -0.2) is 23.0 Å². The van der Waals surface area contributed by atoms with Gasteiger partial charge in [0.05, 0.1) is 23.9 Å². The fourth-order valence-corrected chi connectivity index (χ4v) is 2.33. The van der Waals surface area contributed by atoms with Gasteiger partial charge in [-0.2, -0.15) is 0 Å². The van der Waals surface area contributed by atoms with E-state index < -0.39 is 0 Å². The van der Waals surface area contributed by atoms with E-state index in [0.29, 0.717) is 17.1 Å². The molecule has 0 unspecified atom stereocenters. The number of anilines is 1. The van der Waals surface area contributed by atoms with Crippen LogP contribution in [0.2, 0.25) is 0 Å². The summed E-state index contributed by atoms with van der Waals surface area (Å²) in [4.78, 5) is 21.2. The zero-order valence-corrected chi connectivity index (χ0v) is 13.3. The number of benzene rings is 1. The first-order chi connectivity index (χ1) is 11.1. The van der Waals surface area contributed by atoms with Gasteiger partial charge in [0.2, 0.25) is 0 Å². The highest BCUT2D eigenvalue weighted by Crippen LogP contribution is 2.22. The Morgan fingerprint density at radius 2 is 1.96 bits per heavy atom. The number of ether oxygens (including phenoxy) is 1. The van der Waals surface area contributed by atoms with Crippen LogP contribution in [0.5, 0.6) is 5.75 Å². The minimum absolute atomic E-state index is 0.218. The summed E-state index contributed by atoms with van der Waals surface area (Å²) in [5.74, 6) is 1.05. The maximum Gasteiger partial charge on any atom is 0.258 e. The van der Waals surface area contributed by atoms with Gasteiger partial charge >= 0.3 is 0 Å². The van der Waals surface area contributed by atoms with Crippen LogP contribution in [0.3, 0.4) is 0 Å². The SMILES string of the molecule is COc1ccc2cc(C(=O)Nc3ccc(C)cn3)c(C)nc2c1. The number of carbonyl (C=O) groups excluding carboxylic acids is 1. The molecule has 0 saturated carbocycles. The lowest BCUT2D eigenvalue weighted by Crippen LogP contribution is -2.15. The molecular formula is C18H17N3O2. The van der Waals surface area contributed by atoms with Gasteiger partial charge in [0, 0.05) is 17.6 Å². The number of nitrogens with one attached hydrogen (secondary N) is 1. The molecule has 3 rings (SSSR count). The Bertz CT molecular complexity index is 873. The van der Waals surface area contributed by atoms with Gasteiger partial charge in [0.1, 0.15) is 11.6 Å². The van der Waals surface area contributed by atoms with Crippen molar-refractivity contribution in [3.8, 4) is 5.75 Å². The van der Waals surface area contributed by atoms with Crippen molar-refractivity contribution in [2.45, 2.75) is 13.8 Å². The summed E-state index contributed by atoms with van der Waals surface area (Å²) in [6.07, 6.45) is 1.72. The second-order valence-corrected chi connectivity index (χ2v) is 5.35. The Morgan fingerprint density at radius 1 is 1.13 bits per heavy atom. The van der Waals surface area contributed by atoms with Crippen LogP contribution in [0.15, 0.2) is 42.6 Å². The molecular weight excluding hydrogens is 290 g/mol. The van der Waals surface area contributed by atoms with Crippen LogP contribution >= 0.6 is 0 Å².